The Hall–Kier alpha value is -0.610. The Morgan fingerprint density at radius 3 is 2.22 bits per heavy atom. The Balaban J connectivity index is 1.83. The second-order valence-electron chi connectivity index (χ2n) is 5.74. The van der Waals surface area contributed by atoms with Gasteiger partial charge >= 0.3 is 5.97 Å². The first kappa shape index (κ1) is 13.8. The molecular weight excluding hydrogens is 228 g/mol. The van der Waals surface area contributed by atoms with Gasteiger partial charge in [-0.1, -0.05) is 6.92 Å². The molecule has 4 nitrogen and oxygen atoms in total. The fourth-order valence-corrected chi connectivity index (χ4v) is 2.42. The van der Waals surface area contributed by atoms with Gasteiger partial charge in [0.15, 0.2) is 0 Å². The highest BCUT2D eigenvalue weighted by atomic mass is 16.5. The van der Waals surface area contributed by atoms with Gasteiger partial charge in [0.05, 0.1) is 7.11 Å². The van der Waals surface area contributed by atoms with Crippen molar-refractivity contribution in [2.24, 2.45) is 11.8 Å². The summed E-state index contributed by atoms with van der Waals surface area (Å²) in [5, 5.41) is 3.23. The highest BCUT2D eigenvalue weighted by molar-refractivity contribution is 5.75. The number of ether oxygens (including phenoxy) is 1. The molecule has 0 radical (unpaired) electrons. The number of likely N-dealkylation sites (N-methyl/N-ethyl adjacent to an activating group) is 1. The van der Waals surface area contributed by atoms with Crippen molar-refractivity contribution in [3.63, 3.8) is 0 Å². The normalized spacial score (nSPS) is 21.1. The van der Waals surface area contributed by atoms with Crippen molar-refractivity contribution in [3.8, 4) is 0 Å². The van der Waals surface area contributed by atoms with Crippen LogP contribution in [0.2, 0.25) is 0 Å². The van der Waals surface area contributed by atoms with E-state index in [1.807, 2.05) is 6.92 Å². The highest BCUT2D eigenvalue weighted by Crippen LogP contribution is 2.33. The Morgan fingerprint density at radius 2 is 1.83 bits per heavy atom. The molecule has 2 fully saturated rings. The SMILES string of the molecule is CCNC(CN(CC1CC1)CC1CC1)C(=O)OC. The Kier molecular flexibility index (Phi) is 5.01. The molecular formula is C14H26N2O2. The number of esters is 1. The lowest BCUT2D eigenvalue weighted by molar-refractivity contribution is -0.143. The molecule has 1 unspecified atom stereocenters. The quantitative estimate of drug-likeness (QED) is 0.629. The van der Waals surface area contributed by atoms with Gasteiger partial charge in [0.25, 0.3) is 0 Å². The first-order valence-electron chi connectivity index (χ1n) is 7.26. The third-order valence-corrected chi connectivity index (χ3v) is 3.80. The second-order valence-corrected chi connectivity index (χ2v) is 5.74. The van der Waals surface area contributed by atoms with E-state index in [9.17, 15) is 4.79 Å². The molecule has 0 bridgehead atoms. The summed E-state index contributed by atoms with van der Waals surface area (Å²) in [6.07, 6.45) is 5.47. The van der Waals surface area contributed by atoms with Gasteiger partial charge < -0.3 is 15.0 Å². The van der Waals surface area contributed by atoms with E-state index < -0.39 is 0 Å². The summed E-state index contributed by atoms with van der Waals surface area (Å²) in [6.45, 7) is 5.96. The van der Waals surface area contributed by atoms with Crippen LogP contribution < -0.4 is 5.32 Å². The van der Waals surface area contributed by atoms with Crippen LogP contribution >= 0.6 is 0 Å². The lowest BCUT2D eigenvalue weighted by Crippen LogP contribution is -2.47. The molecule has 2 aliphatic carbocycles. The lowest BCUT2D eigenvalue weighted by Gasteiger charge is -2.26. The van der Waals surface area contributed by atoms with Gasteiger partial charge in [0.2, 0.25) is 0 Å². The van der Waals surface area contributed by atoms with E-state index in [0.717, 1.165) is 38.0 Å². The van der Waals surface area contributed by atoms with Crippen LogP contribution in [0.5, 0.6) is 0 Å². The minimum absolute atomic E-state index is 0.131. The molecule has 0 amide bonds. The molecule has 2 aliphatic rings. The number of nitrogens with zero attached hydrogens (tertiary/aromatic N) is 1. The van der Waals surface area contributed by atoms with Crippen LogP contribution in [-0.2, 0) is 9.53 Å². The van der Waals surface area contributed by atoms with E-state index in [0.29, 0.717) is 0 Å². The van der Waals surface area contributed by atoms with Crippen LogP contribution in [0.15, 0.2) is 0 Å². The van der Waals surface area contributed by atoms with Crippen LogP contribution in [0.4, 0.5) is 0 Å². The molecule has 1 N–H and O–H groups in total. The molecule has 0 aromatic rings. The van der Waals surface area contributed by atoms with Crippen molar-refractivity contribution in [1.29, 1.82) is 0 Å². The van der Waals surface area contributed by atoms with Crippen molar-refractivity contribution >= 4 is 5.97 Å². The average Bonchev–Trinajstić information content (AvgIpc) is 3.23. The van der Waals surface area contributed by atoms with Crippen molar-refractivity contribution < 1.29 is 9.53 Å². The van der Waals surface area contributed by atoms with Gasteiger partial charge in [-0.05, 0) is 44.1 Å². The molecule has 104 valence electrons. The van der Waals surface area contributed by atoms with Gasteiger partial charge in [0, 0.05) is 19.6 Å². The number of rotatable bonds is 9. The second kappa shape index (κ2) is 6.53. The molecule has 18 heavy (non-hydrogen) atoms. The van der Waals surface area contributed by atoms with Crippen LogP contribution in [0, 0.1) is 11.8 Å². The van der Waals surface area contributed by atoms with E-state index in [1.165, 1.54) is 32.8 Å². The molecule has 0 heterocycles. The average molecular weight is 254 g/mol. The smallest absolute Gasteiger partial charge is 0.324 e. The van der Waals surface area contributed by atoms with Crippen molar-refractivity contribution in [1.82, 2.24) is 10.2 Å². The Labute approximate surface area is 110 Å². The van der Waals surface area contributed by atoms with E-state index in [1.54, 1.807) is 0 Å². The molecule has 4 heteroatoms. The maximum Gasteiger partial charge on any atom is 0.324 e. The van der Waals surface area contributed by atoms with E-state index in [-0.39, 0.29) is 12.0 Å². The molecule has 2 rings (SSSR count). The molecule has 1 atom stereocenters. The summed E-state index contributed by atoms with van der Waals surface area (Å²) in [5.41, 5.74) is 0. The van der Waals surface area contributed by atoms with E-state index in [4.69, 9.17) is 4.74 Å². The lowest BCUT2D eigenvalue weighted by atomic mass is 10.2. The number of carbonyl (C=O) groups excluding carboxylic acids is 1. The predicted molar refractivity (Wildman–Crippen MR) is 71.4 cm³/mol. The van der Waals surface area contributed by atoms with Gasteiger partial charge in [-0.2, -0.15) is 0 Å². The van der Waals surface area contributed by atoms with Crippen LogP contribution in [-0.4, -0.2) is 50.2 Å². The Bertz CT molecular complexity index is 261. The minimum atomic E-state index is -0.169. The Morgan fingerprint density at radius 1 is 1.28 bits per heavy atom. The van der Waals surface area contributed by atoms with E-state index in [2.05, 4.69) is 10.2 Å². The monoisotopic (exact) mass is 254 g/mol. The van der Waals surface area contributed by atoms with Crippen molar-refractivity contribution in [2.75, 3.05) is 33.3 Å². The summed E-state index contributed by atoms with van der Waals surface area (Å²) in [5.74, 6) is 1.63. The topological polar surface area (TPSA) is 41.6 Å². The number of methoxy groups -OCH3 is 1. The highest BCUT2D eigenvalue weighted by Gasteiger charge is 2.31. The standard InChI is InChI=1S/C14H26N2O2/c1-3-15-13(14(17)18-2)10-16(8-11-4-5-11)9-12-6-7-12/h11-13,15H,3-10H2,1-2H3. The molecule has 0 aromatic heterocycles. The zero-order valence-corrected chi connectivity index (χ0v) is 11.7. The largest absolute Gasteiger partial charge is 0.468 e. The summed E-state index contributed by atoms with van der Waals surface area (Å²) in [7, 11) is 1.47. The fourth-order valence-electron chi connectivity index (χ4n) is 2.42. The first-order valence-corrected chi connectivity index (χ1v) is 7.26. The first-order chi connectivity index (χ1) is 8.72. The van der Waals surface area contributed by atoms with Crippen molar-refractivity contribution in [2.45, 2.75) is 38.6 Å². The van der Waals surface area contributed by atoms with E-state index >= 15 is 0 Å². The number of carbonyl (C=O) groups is 1. The van der Waals surface area contributed by atoms with Crippen LogP contribution in [0.25, 0.3) is 0 Å². The summed E-state index contributed by atoms with van der Waals surface area (Å²) in [6, 6.07) is -0.169. The van der Waals surface area contributed by atoms with Crippen LogP contribution in [0.3, 0.4) is 0 Å². The fraction of sp³-hybridized carbons (Fsp3) is 0.929. The molecule has 0 saturated heterocycles. The number of hydrogen-bond donors (Lipinski definition) is 1. The number of nitrogens with one attached hydrogen (secondary N) is 1. The van der Waals surface area contributed by atoms with Gasteiger partial charge in [-0.15, -0.1) is 0 Å². The third-order valence-electron chi connectivity index (χ3n) is 3.80. The summed E-state index contributed by atoms with van der Waals surface area (Å²) < 4.78 is 4.88. The van der Waals surface area contributed by atoms with Gasteiger partial charge in [-0.25, -0.2) is 0 Å². The van der Waals surface area contributed by atoms with Gasteiger partial charge in [-0.3, -0.25) is 4.79 Å². The zero-order valence-electron chi connectivity index (χ0n) is 11.7. The zero-order chi connectivity index (χ0) is 13.0. The maximum absolute atomic E-state index is 11.7. The summed E-state index contributed by atoms with van der Waals surface area (Å²) >= 11 is 0. The predicted octanol–water partition coefficient (Wildman–Crippen LogP) is 1.26. The number of hydrogen-bond acceptors (Lipinski definition) is 4. The summed E-state index contributed by atoms with van der Waals surface area (Å²) in [4.78, 5) is 14.2. The van der Waals surface area contributed by atoms with Crippen molar-refractivity contribution in [3.05, 3.63) is 0 Å². The minimum Gasteiger partial charge on any atom is -0.468 e. The van der Waals surface area contributed by atoms with Crippen LogP contribution in [0.1, 0.15) is 32.6 Å². The molecule has 2 saturated carbocycles. The van der Waals surface area contributed by atoms with Gasteiger partial charge in [0.1, 0.15) is 6.04 Å². The molecule has 0 aromatic carbocycles. The maximum atomic E-state index is 11.7. The molecule has 0 spiro atoms. The molecule has 0 aliphatic heterocycles. The third kappa shape index (κ3) is 4.58.